The molecule has 1 saturated heterocycles. The third kappa shape index (κ3) is 3.32. The molecule has 0 saturated carbocycles. The average Bonchev–Trinajstić information content (AvgIpc) is 3.16. The number of aromatic nitrogens is 1. The van der Waals surface area contributed by atoms with Gasteiger partial charge in [0, 0.05) is 38.6 Å². The third-order valence-electron chi connectivity index (χ3n) is 3.99. The first-order chi connectivity index (χ1) is 11.1. The van der Waals surface area contributed by atoms with Crippen molar-refractivity contribution < 1.29 is 9.53 Å². The van der Waals surface area contributed by atoms with Crippen LogP contribution >= 0.6 is 11.3 Å². The van der Waals surface area contributed by atoms with E-state index < -0.39 is 0 Å². The molecule has 2 aromatic rings. The molecule has 0 aliphatic carbocycles. The van der Waals surface area contributed by atoms with Gasteiger partial charge >= 0.3 is 0 Å². The van der Waals surface area contributed by atoms with Crippen LogP contribution in [0.5, 0.6) is 5.75 Å². The Bertz CT molecular complexity index is 699. The second-order valence-electron chi connectivity index (χ2n) is 5.97. The van der Waals surface area contributed by atoms with E-state index >= 15 is 0 Å². The maximum atomic E-state index is 12.6. The Kier molecular flexibility index (Phi) is 4.52. The van der Waals surface area contributed by atoms with E-state index in [2.05, 4.69) is 4.98 Å². The number of ether oxygens (including phenoxy) is 1. The van der Waals surface area contributed by atoms with Crippen molar-refractivity contribution in [1.82, 2.24) is 9.88 Å². The molecule has 0 N–H and O–H groups in total. The van der Waals surface area contributed by atoms with Crippen LogP contribution in [0.2, 0.25) is 0 Å². The number of aryl methyl sites for hydroxylation is 1. The first-order valence-corrected chi connectivity index (χ1v) is 8.61. The summed E-state index contributed by atoms with van der Waals surface area (Å²) < 4.78 is 6.10. The molecule has 2 aromatic heterocycles. The molecule has 0 bridgehead atoms. The Morgan fingerprint density at radius 1 is 1.43 bits per heavy atom. The molecule has 0 radical (unpaired) electrons. The van der Waals surface area contributed by atoms with Crippen LogP contribution in [0.25, 0.3) is 0 Å². The Morgan fingerprint density at radius 2 is 2.26 bits per heavy atom. The maximum absolute atomic E-state index is 12.6. The second-order valence-corrected chi connectivity index (χ2v) is 6.71. The van der Waals surface area contributed by atoms with Crippen molar-refractivity contribution in [3.05, 3.63) is 40.2 Å². The Labute approximate surface area is 140 Å². The standard InChI is InChI=1S/C17H21N3O2S/c1-12-10-23-11-14(12)17(21)20-8-6-13(9-20)22-15-5-4-7-18-16(15)19(2)3/h4-5,7,10-11,13H,6,8-9H2,1-3H3/t13-/m1/s1. The second kappa shape index (κ2) is 6.58. The number of hydrogen-bond acceptors (Lipinski definition) is 5. The zero-order valence-electron chi connectivity index (χ0n) is 13.7. The minimum atomic E-state index is 0.0146. The van der Waals surface area contributed by atoms with Crippen molar-refractivity contribution in [2.24, 2.45) is 0 Å². The van der Waals surface area contributed by atoms with E-state index in [4.69, 9.17) is 4.74 Å². The van der Waals surface area contributed by atoms with E-state index in [0.29, 0.717) is 6.54 Å². The van der Waals surface area contributed by atoms with Crippen molar-refractivity contribution in [2.75, 3.05) is 32.1 Å². The van der Waals surface area contributed by atoms with Gasteiger partial charge in [-0.05, 0) is 30.0 Å². The molecular weight excluding hydrogens is 310 g/mol. The number of hydrogen-bond donors (Lipinski definition) is 0. The zero-order chi connectivity index (χ0) is 16.4. The molecule has 3 rings (SSSR count). The van der Waals surface area contributed by atoms with Crippen LogP contribution in [0.1, 0.15) is 22.3 Å². The molecule has 0 spiro atoms. The lowest BCUT2D eigenvalue weighted by Gasteiger charge is -2.20. The van der Waals surface area contributed by atoms with Gasteiger partial charge in [0.2, 0.25) is 0 Å². The molecule has 1 amide bonds. The van der Waals surface area contributed by atoms with Crippen LogP contribution in [0.15, 0.2) is 29.1 Å². The molecule has 1 aliphatic rings. The summed E-state index contributed by atoms with van der Waals surface area (Å²) in [6.07, 6.45) is 2.61. The summed E-state index contributed by atoms with van der Waals surface area (Å²) >= 11 is 1.57. The average molecular weight is 331 g/mol. The van der Waals surface area contributed by atoms with Crippen LogP contribution < -0.4 is 9.64 Å². The number of anilines is 1. The zero-order valence-corrected chi connectivity index (χ0v) is 14.5. The number of thiophene rings is 1. The van der Waals surface area contributed by atoms with E-state index in [9.17, 15) is 4.79 Å². The quantitative estimate of drug-likeness (QED) is 0.864. The van der Waals surface area contributed by atoms with Crippen LogP contribution in [-0.2, 0) is 0 Å². The SMILES string of the molecule is Cc1cscc1C(=O)N1CC[C@@H](Oc2cccnc2N(C)C)C1. The van der Waals surface area contributed by atoms with Gasteiger partial charge in [0.05, 0.1) is 12.1 Å². The Hall–Kier alpha value is -2.08. The first kappa shape index (κ1) is 15.8. The molecule has 3 heterocycles. The van der Waals surface area contributed by atoms with Gasteiger partial charge < -0.3 is 14.5 Å². The van der Waals surface area contributed by atoms with Crippen LogP contribution in [0.3, 0.4) is 0 Å². The van der Waals surface area contributed by atoms with Crippen LogP contribution in [-0.4, -0.2) is 49.1 Å². The van der Waals surface area contributed by atoms with Gasteiger partial charge in [-0.1, -0.05) is 0 Å². The summed E-state index contributed by atoms with van der Waals surface area (Å²) in [5.74, 6) is 1.68. The smallest absolute Gasteiger partial charge is 0.255 e. The number of likely N-dealkylation sites (tertiary alicyclic amines) is 1. The van der Waals surface area contributed by atoms with Gasteiger partial charge in [-0.2, -0.15) is 11.3 Å². The maximum Gasteiger partial charge on any atom is 0.255 e. The molecule has 23 heavy (non-hydrogen) atoms. The topological polar surface area (TPSA) is 45.7 Å². The molecule has 1 atom stereocenters. The van der Waals surface area contributed by atoms with Crippen molar-refractivity contribution in [3.8, 4) is 5.75 Å². The number of nitrogens with zero attached hydrogens (tertiary/aromatic N) is 3. The van der Waals surface area contributed by atoms with Crippen molar-refractivity contribution >= 4 is 23.1 Å². The largest absolute Gasteiger partial charge is 0.485 e. The lowest BCUT2D eigenvalue weighted by atomic mass is 10.2. The van der Waals surface area contributed by atoms with E-state index in [1.165, 1.54) is 0 Å². The predicted molar refractivity (Wildman–Crippen MR) is 92.6 cm³/mol. The number of carbonyl (C=O) groups excluding carboxylic acids is 1. The van der Waals surface area contributed by atoms with E-state index in [0.717, 1.165) is 35.7 Å². The van der Waals surface area contributed by atoms with Crippen molar-refractivity contribution in [1.29, 1.82) is 0 Å². The van der Waals surface area contributed by atoms with Crippen molar-refractivity contribution in [2.45, 2.75) is 19.4 Å². The monoisotopic (exact) mass is 331 g/mol. The summed E-state index contributed by atoms with van der Waals surface area (Å²) in [5, 5.41) is 3.94. The normalized spacial score (nSPS) is 17.3. The molecular formula is C17H21N3O2S. The summed E-state index contributed by atoms with van der Waals surface area (Å²) in [6, 6.07) is 3.80. The van der Waals surface area contributed by atoms with Gasteiger partial charge in [-0.25, -0.2) is 4.98 Å². The van der Waals surface area contributed by atoms with Gasteiger partial charge in [-0.3, -0.25) is 4.79 Å². The summed E-state index contributed by atoms with van der Waals surface area (Å²) in [5.41, 5.74) is 1.86. The number of carbonyl (C=O) groups is 1. The van der Waals surface area contributed by atoms with Gasteiger partial charge in [0.25, 0.3) is 5.91 Å². The summed E-state index contributed by atoms with van der Waals surface area (Å²) in [7, 11) is 3.89. The van der Waals surface area contributed by atoms with Gasteiger partial charge in [-0.15, -0.1) is 0 Å². The first-order valence-electron chi connectivity index (χ1n) is 7.67. The predicted octanol–water partition coefficient (Wildman–Crippen LogP) is 2.81. The minimum Gasteiger partial charge on any atom is -0.485 e. The summed E-state index contributed by atoms with van der Waals surface area (Å²) in [6.45, 7) is 3.33. The highest BCUT2D eigenvalue weighted by atomic mass is 32.1. The molecule has 6 heteroatoms. The third-order valence-corrected chi connectivity index (χ3v) is 4.85. The van der Waals surface area contributed by atoms with E-state index in [1.807, 2.05) is 53.7 Å². The van der Waals surface area contributed by atoms with Gasteiger partial charge in [0.15, 0.2) is 11.6 Å². The fourth-order valence-electron chi connectivity index (χ4n) is 2.75. The van der Waals surface area contributed by atoms with Gasteiger partial charge in [0.1, 0.15) is 6.10 Å². The van der Waals surface area contributed by atoms with E-state index in [-0.39, 0.29) is 12.0 Å². The molecule has 5 nitrogen and oxygen atoms in total. The van der Waals surface area contributed by atoms with Crippen LogP contribution in [0, 0.1) is 6.92 Å². The highest BCUT2D eigenvalue weighted by Gasteiger charge is 2.29. The lowest BCUT2D eigenvalue weighted by molar-refractivity contribution is 0.0772. The Balaban J connectivity index is 1.67. The number of pyridine rings is 1. The molecule has 1 fully saturated rings. The van der Waals surface area contributed by atoms with Crippen molar-refractivity contribution in [3.63, 3.8) is 0 Å². The Morgan fingerprint density at radius 3 is 2.96 bits per heavy atom. The summed E-state index contributed by atoms with van der Waals surface area (Å²) in [4.78, 5) is 20.7. The van der Waals surface area contributed by atoms with E-state index in [1.54, 1.807) is 17.5 Å². The highest BCUT2D eigenvalue weighted by molar-refractivity contribution is 7.08. The molecule has 0 unspecified atom stereocenters. The lowest BCUT2D eigenvalue weighted by Crippen LogP contribution is -2.31. The molecule has 1 aliphatic heterocycles. The highest BCUT2D eigenvalue weighted by Crippen LogP contribution is 2.27. The van der Waals surface area contributed by atoms with Crippen LogP contribution in [0.4, 0.5) is 5.82 Å². The molecule has 122 valence electrons. The fourth-order valence-corrected chi connectivity index (χ4v) is 3.57. The molecule has 0 aromatic carbocycles. The fraction of sp³-hybridized carbons (Fsp3) is 0.412. The number of amides is 1. The number of rotatable bonds is 4. The minimum absolute atomic E-state index is 0.0146.